The summed E-state index contributed by atoms with van der Waals surface area (Å²) in [6.07, 6.45) is 1.58. The number of hydrogen-bond donors (Lipinski definition) is 1. The van der Waals surface area contributed by atoms with E-state index in [-0.39, 0.29) is 12.6 Å². The van der Waals surface area contributed by atoms with Gasteiger partial charge in [0.2, 0.25) is 5.82 Å². The van der Waals surface area contributed by atoms with Gasteiger partial charge in [0.05, 0.1) is 24.4 Å². The number of urea groups is 1. The van der Waals surface area contributed by atoms with Crippen molar-refractivity contribution in [3.63, 3.8) is 0 Å². The Morgan fingerprint density at radius 2 is 1.91 bits per heavy atom. The van der Waals surface area contributed by atoms with Gasteiger partial charge in [0.15, 0.2) is 0 Å². The van der Waals surface area contributed by atoms with Crippen molar-refractivity contribution < 1.29 is 13.7 Å². The Labute approximate surface area is 195 Å². The van der Waals surface area contributed by atoms with Crippen LogP contribution in [0.25, 0.3) is 17.0 Å². The first-order chi connectivity index (χ1) is 16.0. The molecule has 1 atom stereocenters. The molecule has 0 radical (unpaired) electrons. The Kier molecular flexibility index (Phi) is 5.48. The zero-order valence-electron chi connectivity index (χ0n) is 18.1. The van der Waals surface area contributed by atoms with Crippen LogP contribution in [0.1, 0.15) is 35.7 Å². The predicted octanol–water partition coefficient (Wildman–Crippen LogP) is 5.99. The van der Waals surface area contributed by atoms with Crippen LogP contribution in [0, 0.1) is 6.92 Å². The number of aryl methyl sites for hydroxylation is 1. The highest BCUT2D eigenvalue weighted by Gasteiger charge is 2.36. The van der Waals surface area contributed by atoms with Gasteiger partial charge < -0.3 is 14.3 Å². The van der Waals surface area contributed by atoms with Gasteiger partial charge in [-0.2, -0.15) is 4.98 Å². The minimum Gasteiger partial charge on any atom is -0.467 e. The molecule has 3 heterocycles. The second kappa shape index (κ2) is 8.60. The Hall–Kier alpha value is -3.84. The van der Waals surface area contributed by atoms with E-state index in [4.69, 9.17) is 20.5 Å². The van der Waals surface area contributed by atoms with Gasteiger partial charge in [-0.3, -0.25) is 4.90 Å². The van der Waals surface area contributed by atoms with Crippen molar-refractivity contribution in [2.45, 2.75) is 26.4 Å². The normalized spacial score (nSPS) is 16.3. The van der Waals surface area contributed by atoms with Crippen LogP contribution in [0.2, 0.25) is 5.02 Å². The minimum absolute atomic E-state index is 0.244. The summed E-state index contributed by atoms with van der Waals surface area (Å²) in [6, 6.07) is 18.1. The number of carbonyl (C=O) groups is 1. The van der Waals surface area contributed by atoms with Crippen LogP contribution in [0.4, 0.5) is 4.79 Å². The molecule has 33 heavy (non-hydrogen) atoms. The van der Waals surface area contributed by atoms with E-state index in [2.05, 4.69) is 15.5 Å². The second-order valence-electron chi connectivity index (χ2n) is 7.89. The molecule has 0 aliphatic carbocycles. The van der Waals surface area contributed by atoms with E-state index in [1.165, 1.54) is 0 Å². The minimum atomic E-state index is -0.478. The molecule has 0 saturated heterocycles. The van der Waals surface area contributed by atoms with Crippen LogP contribution in [0.5, 0.6) is 0 Å². The van der Waals surface area contributed by atoms with E-state index in [9.17, 15) is 4.79 Å². The average Bonchev–Trinajstić information content (AvgIpc) is 3.49. The maximum Gasteiger partial charge on any atom is 0.322 e. The van der Waals surface area contributed by atoms with Crippen molar-refractivity contribution in [1.82, 2.24) is 20.4 Å². The van der Waals surface area contributed by atoms with Gasteiger partial charge in [0, 0.05) is 16.3 Å². The molecule has 7 nitrogen and oxygen atoms in total. The molecule has 1 aliphatic rings. The number of nitrogens with zero attached hydrogens (tertiary/aromatic N) is 3. The van der Waals surface area contributed by atoms with E-state index < -0.39 is 6.04 Å². The smallest absolute Gasteiger partial charge is 0.322 e. The molecule has 4 aromatic rings. The molecule has 1 unspecified atom stereocenters. The number of amides is 2. The zero-order chi connectivity index (χ0) is 22.9. The van der Waals surface area contributed by atoms with Crippen molar-refractivity contribution in [2.75, 3.05) is 0 Å². The van der Waals surface area contributed by atoms with E-state index in [1.807, 2.05) is 56.3 Å². The summed E-state index contributed by atoms with van der Waals surface area (Å²) in [6.45, 7) is 4.16. The fraction of sp³-hybridized carbons (Fsp3) is 0.160. The first-order valence-electron chi connectivity index (χ1n) is 10.5. The van der Waals surface area contributed by atoms with Crippen LogP contribution < -0.4 is 5.32 Å². The summed E-state index contributed by atoms with van der Waals surface area (Å²) >= 11 is 6.09. The maximum atomic E-state index is 13.1. The number of carbonyl (C=O) groups excluding carboxylic acids is 1. The SMILES string of the molecule is CC1=C(c2nc(-c3cccc(C)c3)no2)C(c2ccc(Cl)cc2)NC(=O)N1Cc1ccco1. The van der Waals surface area contributed by atoms with Gasteiger partial charge in [0.25, 0.3) is 5.89 Å². The summed E-state index contributed by atoms with van der Waals surface area (Å²) in [5, 5.41) is 7.89. The number of hydrogen-bond acceptors (Lipinski definition) is 5. The number of aromatic nitrogens is 2. The Morgan fingerprint density at radius 1 is 1.09 bits per heavy atom. The molecule has 0 fully saturated rings. The monoisotopic (exact) mass is 460 g/mol. The number of allylic oxidation sites excluding steroid dienone is 1. The Balaban J connectivity index is 1.60. The van der Waals surface area contributed by atoms with Crippen LogP contribution >= 0.6 is 11.6 Å². The van der Waals surface area contributed by atoms with Gasteiger partial charge in [-0.1, -0.05) is 52.7 Å². The molecule has 0 bridgehead atoms. The van der Waals surface area contributed by atoms with E-state index in [1.54, 1.807) is 29.4 Å². The van der Waals surface area contributed by atoms with Gasteiger partial charge >= 0.3 is 6.03 Å². The molecule has 2 amide bonds. The van der Waals surface area contributed by atoms with Crippen molar-refractivity contribution >= 4 is 23.2 Å². The van der Waals surface area contributed by atoms with Crippen molar-refractivity contribution in [3.05, 3.63) is 100 Å². The summed E-state index contributed by atoms with van der Waals surface area (Å²) in [5.41, 5.74) is 4.24. The first-order valence-corrected chi connectivity index (χ1v) is 10.8. The zero-order valence-corrected chi connectivity index (χ0v) is 18.8. The highest BCUT2D eigenvalue weighted by Crippen LogP contribution is 2.38. The van der Waals surface area contributed by atoms with Crippen molar-refractivity contribution in [2.24, 2.45) is 0 Å². The average molecular weight is 461 g/mol. The van der Waals surface area contributed by atoms with Crippen LogP contribution in [-0.4, -0.2) is 21.1 Å². The quantitative estimate of drug-likeness (QED) is 0.395. The molecule has 166 valence electrons. The lowest BCUT2D eigenvalue weighted by atomic mass is 9.94. The largest absolute Gasteiger partial charge is 0.467 e. The molecule has 2 aromatic carbocycles. The molecule has 8 heteroatoms. The standard InChI is InChI=1S/C25H21ClN4O3/c1-15-5-3-6-18(13-15)23-28-24(33-29-23)21-16(2)30(14-20-7-4-12-32-20)25(31)27-22(21)17-8-10-19(26)11-9-17/h3-13,22H,14H2,1-2H3,(H,27,31). The van der Waals surface area contributed by atoms with E-state index in [0.29, 0.717) is 28.2 Å². The third-order valence-electron chi connectivity index (χ3n) is 5.63. The molecule has 1 aliphatic heterocycles. The molecule has 5 rings (SSSR count). The van der Waals surface area contributed by atoms with Gasteiger partial charge in [-0.25, -0.2) is 4.79 Å². The number of furan rings is 1. The number of nitrogens with one attached hydrogen (secondary N) is 1. The van der Waals surface area contributed by atoms with E-state index in [0.717, 1.165) is 22.3 Å². The lowest BCUT2D eigenvalue weighted by Crippen LogP contribution is -2.45. The lowest BCUT2D eigenvalue weighted by molar-refractivity contribution is 0.199. The van der Waals surface area contributed by atoms with E-state index >= 15 is 0 Å². The van der Waals surface area contributed by atoms with Crippen LogP contribution in [0.15, 0.2) is 81.6 Å². The molecular weight excluding hydrogens is 440 g/mol. The third kappa shape index (κ3) is 4.15. The molecule has 0 saturated carbocycles. The summed E-state index contributed by atoms with van der Waals surface area (Å²) in [5.74, 6) is 1.49. The lowest BCUT2D eigenvalue weighted by Gasteiger charge is -2.34. The van der Waals surface area contributed by atoms with Crippen LogP contribution in [0.3, 0.4) is 0 Å². The fourth-order valence-electron chi connectivity index (χ4n) is 3.95. The topological polar surface area (TPSA) is 84.4 Å². The summed E-state index contributed by atoms with van der Waals surface area (Å²) < 4.78 is 11.2. The highest BCUT2D eigenvalue weighted by atomic mass is 35.5. The third-order valence-corrected chi connectivity index (χ3v) is 5.88. The number of rotatable bonds is 5. The molecule has 0 spiro atoms. The van der Waals surface area contributed by atoms with Crippen molar-refractivity contribution in [3.8, 4) is 11.4 Å². The van der Waals surface area contributed by atoms with Crippen LogP contribution in [-0.2, 0) is 6.54 Å². The first kappa shape index (κ1) is 21.0. The highest BCUT2D eigenvalue weighted by molar-refractivity contribution is 6.30. The molecular formula is C25H21ClN4O3. The van der Waals surface area contributed by atoms with Crippen molar-refractivity contribution in [1.29, 1.82) is 0 Å². The van der Waals surface area contributed by atoms with Gasteiger partial charge in [-0.15, -0.1) is 0 Å². The second-order valence-corrected chi connectivity index (χ2v) is 8.33. The summed E-state index contributed by atoms with van der Waals surface area (Å²) in [4.78, 5) is 19.4. The fourth-order valence-corrected chi connectivity index (χ4v) is 4.07. The number of halogens is 1. The van der Waals surface area contributed by atoms with Gasteiger partial charge in [0.1, 0.15) is 5.76 Å². The Bertz CT molecular complexity index is 1330. The number of benzene rings is 2. The predicted molar refractivity (Wildman–Crippen MR) is 124 cm³/mol. The molecule has 2 aromatic heterocycles. The molecule has 1 N–H and O–H groups in total. The summed E-state index contributed by atoms with van der Waals surface area (Å²) in [7, 11) is 0. The maximum absolute atomic E-state index is 13.1. The Morgan fingerprint density at radius 3 is 2.64 bits per heavy atom. The van der Waals surface area contributed by atoms with Gasteiger partial charge in [-0.05, 0) is 49.7 Å².